The number of rotatable bonds is 5. The van der Waals surface area contributed by atoms with E-state index in [2.05, 4.69) is 18.3 Å². The van der Waals surface area contributed by atoms with Gasteiger partial charge in [-0.3, -0.25) is 0 Å². The Morgan fingerprint density at radius 2 is 2.07 bits per heavy atom. The highest BCUT2D eigenvalue weighted by Crippen LogP contribution is 2.15. The molecule has 0 radical (unpaired) electrons. The van der Waals surface area contributed by atoms with E-state index in [-0.39, 0.29) is 0 Å². The monoisotopic (exact) mass is 222 g/mol. The van der Waals surface area contributed by atoms with Crippen molar-refractivity contribution in [3.05, 3.63) is 34.9 Å². The minimum absolute atomic E-state index is 0.306. The van der Waals surface area contributed by atoms with E-state index in [4.69, 9.17) is 16.9 Å². The molecule has 0 aliphatic carbocycles. The topological polar surface area (TPSA) is 35.8 Å². The highest BCUT2D eigenvalue weighted by atomic mass is 35.5. The molecule has 0 aromatic heterocycles. The average molecular weight is 223 g/mol. The molecule has 0 fully saturated rings. The molecule has 0 unspecified atom stereocenters. The molecular formula is C12H15ClN2. The summed E-state index contributed by atoms with van der Waals surface area (Å²) in [4.78, 5) is 0. The molecule has 0 spiro atoms. The van der Waals surface area contributed by atoms with Gasteiger partial charge in [0.05, 0.1) is 6.07 Å². The molecule has 1 atom stereocenters. The average Bonchev–Trinajstić information content (AvgIpc) is 2.25. The maximum atomic E-state index is 8.39. The summed E-state index contributed by atoms with van der Waals surface area (Å²) in [7, 11) is 0. The smallest absolute Gasteiger partial charge is 0.0622 e. The van der Waals surface area contributed by atoms with Crippen LogP contribution in [0.1, 0.15) is 31.4 Å². The Hall–Kier alpha value is -1.04. The quantitative estimate of drug-likeness (QED) is 0.776. The fourth-order valence-corrected chi connectivity index (χ4v) is 1.48. The van der Waals surface area contributed by atoms with E-state index in [1.54, 1.807) is 0 Å². The van der Waals surface area contributed by atoms with Gasteiger partial charge < -0.3 is 5.32 Å². The van der Waals surface area contributed by atoms with Gasteiger partial charge in [0.25, 0.3) is 0 Å². The zero-order chi connectivity index (χ0) is 11.1. The van der Waals surface area contributed by atoms with Crippen molar-refractivity contribution in [2.45, 2.75) is 25.8 Å². The summed E-state index contributed by atoms with van der Waals surface area (Å²) in [6.45, 7) is 2.98. The van der Waals surface area contributed by atoms with Crippen LogP contribution in [0.3, 0.4) is 0 Å². The SMILES string of the molecule is C[C@H](NCCCC#N)c1ccc(Cl)cc1. The van der Waals surface area contributed by atoms with Crippen molar-refractivity contribution in [1.29, 1.82) is 5.26 Å². The summed E-state index contributed by atoms with van der Waals surface area (Å²) in [5.74, 6) is 0. The Labute approximate surface area is 95.9 Å². The van der Waals surface area contributed by atoms with E-state index in [0.29, 0.717) is 12.5 Å². The standard InChI is InChI=1S/C12H15ClN2/c1-10(15-9-3-2-8-14)11-4-6-12(13)7-5-11/h4-7,10,15H,2-3,9H2,1H3/t10-/m0/s1. The van der Waals surface area contributed by atoms with Crippen LogP contribution < -0.4 is 5.32 Å². The lowest BCUT2D eigenvalue weighted by molar-refractivity contribution is 0.562. The molecule has 1 N–H and O–H groups in total. The fraction of sp³-hybridized carbons (Fsp3) is 0.417. The molecule has 0 heterocycles. The van der Waals surface area contributed by atoms with E-state index in [9.17, 15) is 0 Å². The minimum Gasteiger partial charge on any atom is -0.310 e. The normalized spacial score (nSPS) is 12.1. The van der Waals surface area contributed by atoms with E-state index in [0.717, 1.165) is 18.0 Å². The number of unbranched alkanes of at least 4 members (excludes halogenated alkanes) is 1. The van der Waals surface area contributed by atoms with Crippen molar-refractivity contribution in [3.8, 4) is 6.07 Å². The molecule has 0 aliphatic heterocycles. The van der Waals surface area contributed by atoms with Gasteiger partial charge in [-0.25, -0.2) is 0 Å². The first kappa shape index (κ1) is 12.0. The van der Waals surface area contributed by atoms with Gasteiger partial charge in [-0.15, -0.1) is 0 Å². The van der Waals surface area contributed by atoms with E-state index >= 15 is 0 Å². The van der Waals surface area contributed by atoms with Gasteiger partial charge in [0.2, 0.25) is 0 Å². The van der Waals surface area contributed by atoms with Crippen LogP contribution in [-0.4, -0.2) is 6.54 Å². The maximum Gasteiger partial charge on any atom is 0.0622 e. The lowest BCUT2D eigenvalue weighted by Crippen LogP contribution is -2.19. The van der Waals surface area contributed by atoms with E-state index in [1.807, 2.05) is 24.3 Å². The Morgan fingerprint density at radius 1 is 1.40 bits per heavy atom. The molecule has 3 heteroatoms. The molecule has 80 valence electrons. The zero-order valence-corrected chi connectivity index (χ0v) is 9.59. The van der Waals surface area contributed by atoms with Crippen LogP contribution in [0, 0.1) is 11.3 Å². The van der Waals surface area contributed by atoms with Gasteiger partial charge >= 0.3 is 0 Å². The molecule has 0 saturated heterocycles. The highest BCUT2D eigenvalue weighted by Gasteiger charge is 2.03. The van der Waals surface area contributed by atoms with Crippen LogP contribution in [0.25, 0.3) is 0 Å². The number of halogens is 1. The van der Waals surface area contributed by atoms with Crippen LogP contribution >= 0.6 is 11.6 Å². The number of hydrogen-bond donors (Lipinski definition) is 1. The number of benzene rings is 1. The van der Waals surface area contributed by atoms with Crippen LogP contribution in [0.4, 0.5) is 0 Å². The molecule has 0 aliphatic rings. The summed E-state index contributed by atoms with van der Waals surface area (Å²) in [5, 5.41) is 12.5. The first-order valence-corrected chi connectivity index (χ1v) is 5.47. The van der Waals surface area contributed by atoms with Crippen molar-refractivity contribution in [1.82, 2.24) is 5.32 Å². The van der Waals surface area contributed by atoms with Gasteiger partial charge in [0, 0.05) is 17.5 Å². The summed E-state index contributed by atoms with van der Waals surface area (Å²) in [6.07, 6.45) is 1.51. The predicted octanol–water partition coefficient (Wildman–Crippen LogP) is 3.29. The van der Waals surface area contributed by atoms with Crippen molar-refractivity contribution < 1.29 is 0 Å². The summed E-state index contributed by atoms with van der Waals surface area (Å²) in [6, 6.07) is 10.3. The van der Waals surface area contributed by atoms with Gasteiger partial charge in [0.15, 0.2) is 0 Å². The third kappa shape index (κ3) is 4.33. The fourth-order valence-electron chi connectivity index (χ4n) is 1.36. The first-order valence-electron chi connectivity index (χ1n) is 5.10. The Kier molecular flexibility index (Phi) is 5.17. The Balaban J connectivity index is 2.37. The minimum atomic E-state index is 0.306. The summed E-state index contributed by atoms with van der Waals surface area (Å²) < 4.78 is 0. The summed E-state index contributed by atoms with van der Waals surface area (Å²) in [5.41, 5.74) is 1.22. The number of nitrogens with zero attached hydrogens (tertiary/aromatic N) is 1. The third-order valence-corrected chi connectivity index (χ3v) is 2.54. The maximum absolute atomic E-state index is 8.39. The van der Waals surface area contributed by atoms with Gasteiger partial charge in [-0.1, -0.05) is 23.7 Å². The Bertz CT molecular complexity index is 326. The number of nitrogens with one attached hydrogen (secondary N) is 1. The van der Waals surface area contributed by atoms with Crippen molar-refractivity contribution >= 4 is 11.6 Å². The predicted molar refractivity (Wildman–Crippen MR) is 62.7 cm³/mol. The largest absolute Gasteiger partial charge is 0.310 e. The molecule has 0 amide bonds. The molecule has 1 aromatic rings. The second kappa shape index (κ2) is 6.44. The molecule has 0 bridgehead atoms. The van der Waals surface area contributed by atoms with Crippen LogP contribution in [0.15, 0.2) is 24.3 Å². The van der Waals surface area contributed by atoms with Gasteiger partial charge in [-0.05, 0) is 37.6 Å². The van der Waals surface area contributed by atoms with Crippen molar-refractivity contribution in [2.24, 2.45) is 0 Å². The third-order valence-electron chi connectivity index (χ3n) is 2.29. The summed E-state index contributed by atoms with van der Waals surface area (Å²) >= 11 is 5.81. The highest BCUT2D eigenvalue weighted by molar-refractivity contribution is 6.30. The number of hydrogen-bond acceptors (Lipinski definition) is 2. The molecular weight excluding hydrogens is 208 g/mol. The lowest BCUT2D eigenvalue weighted by atomic mass is 10.1. The van der Waals surface area contributed by atoms with Crippen LogP contribution in [-0.2, 0) is 0 Å². The number of nitriles is 1. The first-order chi connectivity index (χ1) is 7.24. The zero-order valence-electron chi connectivity index (χ0n) is 8.83. The molecule has 0 saturated carbocycles. The second-order valence-electron chi connectivity index (χ2n) is 3.49. The van der Waals surface area contributed by atoms with Crippen LogP contribution in [0.5, 0.6) is 0 Å². The second-order valence-corrected chi connectivity index (χ2v) is 3.93. The van der Waals surface area contributed by atoms with E-state index in [1.165, 1.54) is 5.56 Å². The molecule has 2 nitrogen and oxygen atoms in total. The molecule has 15 heavy (non-hydrogen) atoms. The molecule has 1 aromatic carbocycles. The molecule has 1 rings (SSSR count). The van der Waals surface area contributed by atoms with Gasteiger partial charge in [0.1, 0.15) is 0 Å². The van der Waals surface area contributed by atoms with Crippen molar-refractivity contribution in [2.75, 3.05) is 6.54 Å². The lowest BCUT2D eigenvalue weighted by Gasteiger charge is -2.13. The van der Waals surface area contributed by atoms with Gasteiger partial charge in [-0.2, -0.15) is 5.26 Å². The van der Waals surface area contributed by atoms with E-state index < -0.39 is 0 Å². The van der Waals surface area contributed by atoms with Crippen molar-refractivity contribution in [3.63, 3.8) is 0 Å². The van der Waals surface area contributed by atoms with Crippen LogP contribution in [0.2, 0.25) is 5.02 Å². The Morgan fingerprint density at radius 3 is 2.67 bits per heavy atom.